The molecule has 2 N–H and O–H groups in total. The van der Waals surface area contributed by atoms with Gasteiger partial charge in [0.2, 0.25) is 0 Å². The minimum Gasteiger partial charge on any atom is -0.327 e. The number of nitrogens with two attached hydrogens (primary N) is 1. The first-order valence-electron chi connectivity index (χ1n) is 3.65. The molecule has 0 aromatic rings. The van der Waals surface area contributed by atoms with E-state index in [0.717, 1.165) is 11.8 Å². The van der Waals surface area contributed by atoms with Gasteiger partial charge in [0.05, 0.1) is 0 Å². The molecule has 0 bridgehead atoms. The van der Waals surface area contributed by atoms with Crippen LogP contribution >= 0.6 is 0 Å². The molecule has 2 atom stereocenters. The summed E-state index contributed by atoms with van der Waals surface area (Å²) in [4.78, 5) is 0. The second kappa shape index (κ2) is 1.47. The van der Waals surface area contributed by atoms with Gasteiger partial charge in [0, 0.05) is 6.04 Å². The zero-order chi connectivity index (χ0) is 5.56. The van der Waals surface area contributed by atoms with Crippen LogP contribution in [0.2, 0.25) is 0 Å². The third-order valence-corrected chi connectivity index (χ3v) is 2.72. The smallest absolute Gasteiger partial charge is 0.0102 e. The topological polar surface area (TPSA) is 26.0 Å². The van der Waals surface area contributed by atoms with Gasteiger partial charge < -0.3 is 5.73 Å². The molecule has 2 rings (SSSR count). The van der Waals surface area contributed by atoms with Gasteiger partial charge in [0.1, 0.15) is 0 Å². The lowest BCUT2D eigenvalue weighted by Crippen LogP contribution is -2.02. The van der Waals surface area contributed by atoms with Gasteiger partial charge in [0.15, 0.2) is 0 Å². The second-order valence-corrected chi connectivity index (χ2v) is 3.19. The Kier molecular flexibility index (Phi) is 0.884. The third kappa shape index (κ3) is 0.510. The first-order chi connectivity index (χ1) is 3.89. The molecule has 2 saturated carbocycles. The van der Waals surface area contributed by atoms with E-state index in [1.165, 1.54) is 25.7 Å². The quantitative estimate of drug-likeness (QED) is 0.498. The van der Waals surface area contributed by atoms with Gasteiger partial charge >= 0.3 is 0 Å². The number of rotatable bonds is 0. The van der Waals surface area contributed by atoms with Crippen molar-refractivity contribution in [2.75, 3.05) is 0 Å². The van der Waals surface area contributed by atoms with Crippen LogP contribution in [0.4, 0.5) is 0 Å². The van der Waals surface area contributed by atoms with E-state index >= 15 is 0 Å². The van der Waals surface area contributed by atoms with E-state index in [0.29, 0.717) is 6.04 Å². The summed E-state index contributed by atoms with van der Waals surface area (Å²) in [7, 11) is 0. The molecule has 8 heavy (non-hydrogen) atoms. The largest absolute Gasteiger partial charge is 0.327 e. The summed E-state index contributed by atoms with van der Waals surface area (Å²) in [5.41, 5.74) is 5.77. The van der Waals surface area contributed by atoms with E-state index < -0.39 is 0 Å². The summed E-state index contributed by atoms with van der Waals surface area (Å²) in [5.74, 6) is 1.90. The Morgan fingerprint density at radius 3 is 1.88 bits per heavy atom. The summed E-state index contributed by atoms with van der Waals surface area (Å²) in [5, 5.41) is 0. The van der Waals surface area contributed by atoms with Crippen molar-refractivity contribution in [2.45, 2.75) is 31.7 Å². The normalized spacial score (nSPS) is 52.9. The number of fused-ring (bicyclic) bond motifs is 1. The molecule has 0 saturated heterocycles. The predicted molar refractivity (Wildman–Crippen MR) is 33.4 cm³/mol. The highest BCUT2D eigenvalue weighted by atomic mass is 14.8. The van der Waals surface area contributed by atoms with Crippen molar-refractivity contribution in [2.24, 2.45) is 17.6 Å². The van der Waals surface area contributed by atoms with Crippen molar-refractivity contribution >= 4 is 0 Å². The minimum atomic E-state index is 0.609. The highest BCUT2D eigenvalue weighted by molar-refractivity contribution is 5.02. The highest BCUT2D eigenvalue weighted by Gasteiger charge is 2.47. The molecule has 2 aliphatic carbocycles. The zero-order valence-electron chi connectivity index (χ0n) is 5.14. The molecule has 0 aromatic carbocycles. The number of hydrogen-bond acceptors (Lipinski definition) is 1. The van der Waals surface area contributed by atoms with Gasteiger partial charge in [-0.3, -0.25) is 0 Å². The van der Waals surface area contributed by atoms with Gasteiger partial charge in [-0.05, 0) is 24.7 Å². The summed E-state index contributed by atoms with van der Waals surface area (Å²) in [6, 6.07) is 0.609. The molecule has 0 unspecified atom stereocenters. The number of hydrogen-bond donors (Lipinski definition) is 1. The van der Waals surface area contributed by atoms with Crippen molar-refractivity contribution in [1.82, 2.24) is 0 Å². The van der Waals surface area contributed by atoms with Gasteiger partial charge in [-0.25, -0.2) is 0 Å². The lowest BCUT2D eigenvalue weighted by molar-refractivity contribution is 0.480. The second-order valence-electron chi connectivity index (χ2n) is 3.19. The van der Waals surface area contributed by atoms with E-state index in [-0.39, 0.29) is 0 Å². The lowest BCUT2D eigenvalue weighted by Gasteiger charge is -2.04. The fourth-order valence-corrected chi connectivity index (χ4v) is 2.05. The molecular weight excluding hydrogens is 98.1 g/mol. The van der Waals surface area contributed by atoms with E-state index in [2.05, 4.69) is 0 Å². The lowest BCUT2D eigenvalue weighted by atomic mass is 10.0. The molecule has 1 heteroatoms. The Bertz CT molecular complexity index is 88.6. The van der Waals surface area contributed by atoms with Crippen LogP contribution in [-0.2, 0) is 0 Å². The van der Waals surface area contributed by atoms with Crippen LogP contribution in [0.15, 0.2) is 0 Å². The van der Waals surface area contributed by atoms with Gasteiger partial charge in [-0.2, -0.15) is 0 Å². The first kappa shape index (κ1) is 4.80. The molecule has 0 aromatic heterocycles. The molecule has 0 radical (unpaired) electrons. The van der Waals surface area contributed by atoms with E-state index in [9.17, 15) is 0 Å². The van der Waals surface area contributed by atoms with Crippen molar-refractivity contribution < 1.29 is 0 Å². The Morgan fingerprint density at radius 1 is 1.00 bits per heavy atom. The van der Waals surface area contributed by atoms with Crippen molar-refractivity contribution in [3.63, 3.8) is 0 Å². The fourth-order valence-electron chi connectivity index (χ4n) is 2.05. The average Bonchev–Trinajstić information content (AvgIpc) is 2.46. The van der Waals surface area contributed by atoms with Crippen molar-refractivity contribution in [3.8, 4) is 0 Å². The summed E-state index contributed by atoms with van der Waals surface area (Å²) >= 11 is 0. The minimum absolute atomic E-state index is 0.609. The van der Waals surface area contributed by atoms with Gasteiger partial charge in [0.25, 0.3) is 0 Å². The van der Waals surface area contributed by atoms with Crippen LogP contribution in [0.5, 0.6) is 0 Å². The zero-order valence-corrected chi connectivity index (χ0v) is 5.14. The fraction of sp³-hybridized carbons (Fsp3) is 1.00. The van der Waals surface area contributed by atoms with Crippen molar-refractivity contribution in [3.05, 3.63) is 0 Å². The van der Waals surface area contributed by atoms with Gasteiger partial charge in [-0.1, -0.05) is 12.8 Å². The molecular formula is C7H13N. The Morgan fingerprint density at radius 2 is 1.50 bits per heavy atom. The molecule has 2 aliphatic rings. The van der Waals surface area contributed by atoms with Crippen LogP contribution in [0, 0.1) is 11.8 Å². The van der Waals surface area contributed by atoms with Crippen LogP contribution < -0.4 is 5.73 Å². The SMILES string of the molecule is NC1[C@H]2CCCC[C@H]12. The molecule has 0 spiro atoms. The maximum Gasteiger partial charge on any atom is 0.0102 e. The third-order valence-electron chi connectivity index (χ3n) is 2.72. The maximum atomic E-state index is 5.77. The predicted octanol–water partition coefficient (Wildman–Crippen LogP) is 1.13. The molecule has 2 fully saturated rings. The molecule has 0 aliphatic heterocycles. The van der Waals surface area contributed by atoms with E-state index in [4.69, 9.17) is 5.73 Å². The first-order valence-corrected chi connectivity index (χ1v) is 3.65. The Hall–Kier alpha value is -0.0400. The molecule has 46 valence electrons. The summed E-state index contributed by atoms with van der Waals surface area (Å²) in [6.07, 6.45) is 5.72. The van der Waals surface area contributed by atoms with Crippen molar-refractivity contribution in [1.29, 1.82) is 0 Å². The molecule has 0 amide bonds. The monoisotopic (exact) mass is 111 g/mol. The Labute approximate surface area is 50.3 Å². The van der Waals surface area contributed by atoms with E-state index in [1.807, 2.05) is 0 Å². The van der Waals surface area contributed by atoms with Crippen LogP contribution in [-0.4, -0.2) is 6.04 Å². The highest BCUT2D eigenvalue weighted by Crippen LogP contribution is 2.48. The molecule has 1 nitrogen and oxygen atoms in total. The summed E-state index contributed by atoms with van der Waals surface area (Å²) < 4.78 is 0. The van der Waals surface area contributed by atoms with Crippen LogP contribution in [0.1, 0.15) is 25.7 Å². The Balaban J connectivity index is 1.97. The van der Waals surface area contributed by atoms with Crippen LogP contribution in [0.3, 0.4) is 0 Å². The standard InChI is InChI=1S/C7H13N/c8-7-5-3-1-2-4-6(5)7/h5-7H,1-4,8H2/t5-,6-/m0/s1. The molecule has 0 heterocycles. The summed E-state index contributed by atoms with van der Waals surface area (Å²) in [6.45, 7) is 0. The maximum absolute atomic E-state index is 5.77. The average molecular weight is 111 g/mol. The van der Waals surface area contributed by atoms with Gasteiger partial charge in [-0.15, -0.1) is 0 Å². The van der Waals surface area contributed by atoms with Crippen LogP contribution in [0.25, 0.3) is 0 Å². The van der Waals surface area contributed by atoms with E-state index in [1.54, 1.807) is 0 Å².